The minimum atomic E-state index is 0. The van der Waals surface area contributed by atoms with Gasteiger partial charge in [0.25, 0.3) is 0 Å². The Labute approximate surface area is 178 Å². The van der Waals surface area contributed by atoms with Gasteiger partial charge in [0.05, 0.1) is 6.10 Å². The third-order valence-electron chi connectivity index (χ3n) is 4.71. The fourth-order valence-electron chi connectivity index (χ4n) is 3.13. The molecule has 6 nitrogen and oxygen atoms in total. The third-order valence-corrected chi connectivity index (χ3v) is 4.71. The summed E-state index contributed by atoms with van der Waals surface area (Å²) >= 11 is 0. The van der Waals surface area contributed by atoms with Crippen molar-refractivity contribution in [3.8, 4) is 0 Å². The summed E-state index contributed by atoms with van der Waals surface area (Å²) in [6, 6.07) is 0. The molecule has 7 heteroatoms. The maximum Gasteiger partial charge on any atom is 0.193 e. The topological polar surface area (TPSA) is 49.3 Å². The van der Waals surface area contributed by atoms with Gasteiger partial charge in [-0.05, 0) is 52.2 Å². The Morgan fingerprint density at radius 1 is 1.12 bits per heavy atom. The van der Waals surface area contributed by atoms with Gasteiger partial charge in [0, 0.05) is 46.5 Å². The van der Waals surface area contributed by atoms with E-state index >= 15 is 0 Å². The monoisotopic (exact) mass is 484 g/mol. The zero-order chi connectivity index (χ0) is 18.3. The molecule has 0 unspecified atom stereocenters. The molecule has 0 aliphatic carbocycles. The molecule has 0 aromatic rings. The number of piperidine rings is 1. The van der Waals surface area contributed by atoms with Gasteiger partial charge in [0.1, 0.15) is 0 Å². The van der Waals surface area contributed by atoms with E-state index in [4.69, 9.17) is 14.5 Å². The van der Waals surface area contributed by atoms with Crippen LogP contribution in [0.25, 0.3) is 0 Å². The Morgan fingerprint density at radius 3 is 2.38 bits per heavy atom. The number of nitrogens with one attached hydrogen (secondary N) is 1. The zero-order valence-electron chi connectivity index (χ0n) is 17.3. The number of likely N-dealkylation sites (tertiary alicyclic amines) is 1. The van der Waals surface area contributed by atoms with E-state index in [1.165, 1.54) is 0 Å². The van der Waals surface area contributed by atoms with E-state index in [1.54, 1.807) is 7.11 Å². The third kappa shape index (κ3) is 10.9. The molecule has 26 heavy (non-hydrogen) atoms. The molecule has 1 fully saturated rings. The van der Waals surface area contributed by atoms with Crippen molar-refractivity contribution in [2.45, 2.75) is 52.6 Å². The van der Waals surface area contributed by atoms with Crippen molar-refractivity contribution in [3.05, 3.63) is 0 Å². The van der Waals surface area contributed by atoms with E-state index in [0.717, 1.165) is 90.7 Å². The molecule has 0 saturated carbocycles. The average molecular weight is 484 g/mol. The Kier molecular flexibility index (Phi) is 16.9. The van der Waals surface area contributed by atoms with Crippen LogP contribution in [-0.2, 0) is 9.47 Å². The molecule has 0 aromatic heterocycles. The van der Waals surface area contributed by atoms with Crippen LogP contribution in [0.3, 0.4) is 0 Å². The van der Waals surface area contributed by atoms with Gasteiger partial charge in [-0.2, -0.15) is 0 Å². The predicted molar refractivity (Wildman–Crippen MR) is 121 cm³/mol. The summed E-state index contributed by atoms with van der Waals surface area (Å²) in [5.74, 6) is 1.07. The van der Waals surface area contributed by atoms with E-state index in [0.29, 0.717) is 6.10 Å². The maximum absolute atomic E-state index is 5.95. The summed E-state index contributed by atoms with van der Waals surface area (Å²) in [5.41, 5.74) is 0. The molecule has 0 spiro atoms. The predicted octanol–water partition coefficient (Wildman–Crippen LogP) is 2.82. The molecular weight excluding hydrogens is 443 g/mol. The number of methoxy groups -OCH3 is 1. The second kappa shape index (κ2) is 17.0. The van der Waals surface area contributed by atoms with Gasteiger partial charge in [0.2, 0.25) is 0 Å². The van der Waals surface area contributed by atoms with Crippen molar-refractivity contribution < 1.29 is 9.47 Å². The van der Waals surface area contributed by atoms with Crippen LogP contribution in [0.5, 0.6) is 0 Å². The normalized spacial score (nSPS) is 16.0. The van der Waals surface area contributed by atoms with Crippen molar-refractivity contribution in [3.63, 3.8) is 0 Å². The molecule has 1 aliphatic rings. The lowest BCUT2D eigenvalue weighted by Gasteiger charge is -2.34. The lowest BCUT2D eigenvalue weighted by Crippen LogP contribution is -2.47. The Bertz CT molecular complexity index is 346. The molecule has 1 heterocycles. The summed E-state index contributed by atoms with van der Waals surface area (Å²) in [6.45, 7) is 15.4. The van der Waals surface area contributed by atoms with Crippen LogP contribution in [0.4, 0.5) is 0 Å². The van der Waals surface area contributed by atoms with Gasteiger partial charge in [-0.1, -0.05) is 13.8 Å². The highest BCUT2D eigenvalue weighted by molar-refractivity contribution is 14.0. The van der Waals surface area contributed by atoms with Crippen LogP contribution in [0.2, 0.25) is 0 Å². The molecule has 0 bridgehead atoms. The highest BCUT2D eigenvalue weighted by Gasteiger charge is 2.21. The van der Waals surface area contributed by atoms with Gasteiger partial charge in [-0.3, -0.25) is 4.99 Å². The molecule has 1 aliphatic heterocycles. The van der Waals surface area contributed by atoms with Crippen molar-refractivity contribution in [1.29, 1.82) is 0 Å². The first kappa shape index (κ1) is 25.9. The Balaban J connectivity index is 0.00000625. The summed E-state index contributed by atoms with van der Waals surface area (Å²) in [6.07, 6.45) is 4.65. The molecule has 0 atom stereocenters. The maximum atomic E-state index is 5.95. The van der Waals surface area contributed by atoms with Crippen molar-refractivity contribution in [2.75, 3.05) is 66.1 Å². The molecule has 0 amide bonds. The number of nitrogens with zero attached hydrogens (tertiary/aromatic N) is 3. The first-order valence-corrected chi connectivity index (χ1v) is 10.1. The average Bonchev–Trinajstić information content (AvgIpc) is 2.65. The number of hydrogen-bond acceptors (Lipinski definition) is 4. The first-order chi connectivity index (χ1) is 12.2. The zero-order valence-corrected chi connectivity index (χ0v) is 19.7. The molecule has 0 radical (unpaired) electrons. The highest BCUT2D eigenvalue weighted by atomic mass is 127. The fraction of sp³-hybridized carbons (Fsp3) is 0.947. The quantitative estimate of drug-likeness (QED) is 0.200. The van der Waals surface area contributed by atoms with Gasteiger partial charge < -0.3 is 24.6 Å². The minimum absolute atomic E-state index is 0. The van der Waals surface area contributed by atoms with Crippen LogP contribution >= 0.6 is 24.0 Å². The second-order valence-corrected chi connectivity index (χ2v) is 6.52. The van der Waals surface area contributed by atoms with E-state index in [-0.39, 0.29) is 24.0 Å². The van der Waals surface area contributed by atoms with Crippen LogP contribution in [-0.4, -0.2) is 88.0 Å². The van der Waals surface area contributed by atoms with Gasteiger partial charge in [-0.15, -0.1) is 24.0 Å². The summed E-state index contributed by atoms with van der Waals surface area (Å²) in [4.78, 5) is 9.67. The van der Waals surface area contributed by atoms with E-state index in [1.807, 2.05) is 0 Å². The highest BCUT2D eigenvalue weighted by Crippen LogP contribution is 2.14. The fourth-order valence-corrected chi connectivity index (χ4v) is 3.13. The molecule has 1 saturated heterocycles. The SMILES string of the molecule is CCNC(=NCCCN(CC)CC)N1CCC(OCCCOC)CC1.I. The number of halogens is 1. The Hall–Kier alpha value is -0.120. The lowest BCUT2D eigenvalue weighted by molar-refractivity contribution is 0.00990. The van der Waals surface area contributed by atoms with Crippen LogP contribution in [0, 0.1) is 0 Å². The number of guanidine groups is 1. The molecule has 1 rings (SSSR count). The van der Waals surface area contributed by atoms with Crippen molar-refractivity contribution >= 4 is 29.9 Å². The van der Waals surface area contributed by atoms with Crippen LogP contribution in [0.1, 0.15) is 46.5 Å². The summed E-state index contributed by atoms with van der Waals surface area (Å²) < 4.78 is 11.0. The van der Waals surface area contributed by atoms with Gasteiger partial charge >= 0.3 is 0 Å². The minimum Gasteiger partial charge on any atom is -0.385 e. The molecule has 1 N–H and O–H groups in total. The first-order valence-electron chi connectivity index (χ1n) is 10.1. The van der Waals surface area contributed by atoms with Crippen LogP contribution < -0.4 is 5.32 Å². The van der Waals surface area contributed by atoms with E-state index in [9.17, 15) is 0 Å². The van der Waals surface area contributed by atoms with Crippen molar-refractivity contribution in [1.82, 2.24) is 15.1 Å². The van der Waals surface area contributed by atoms with Crippen LogP contribution in [0.15, 0.2) is 4.99 Å². The van der Waals surface area contributed by atoms with Crippen molar-refractivity contribution in [2.24, 2.45) is 4.99 Å². The Morgan fingerprint density at radius 2 is 1.81 bits per heavy atom. The van der Waals surface area contributed by atoms with E-state index < -0.39 is 0 Å². The summed E-state index contributed by atoms with van der Waals surface area (Å²) in [7, 11) is 1.74. The number of rotatable bonds is 12. The smallest absolute Gasteiger partial charge is 0.193 e. The number of ether oxygens (including phenoxy) is 2. The van der Waals surface area contributed by atoms with Gasteiger partial charge in [0.15, 0.2) is 5.96 Å². The lowest BCUT2D eigenvalue weighted by atomic mass is 10.1. The number of hydrogen-bond donors (Lipinski definition) is 1. The summed E-state index contributed by atoms with van der Waals surface area (Å²) in [5, 5.41) is 3.45. The molecular formula is C19H41IN4O2. The second-order valence-electron chi connectivity index (χ2n) is 6.52. The largest absolute Gasteiger partial charge is 0.385 e. The molecule has 0 aromatic carbocycles. The molecule has 156 valence electrons. The standard InChI is InChI=1S/C19H40N4O2.HI/c1-5-20-19(21-12-8-13-22(6-2)7-3)23-14-10-18(11-15-23)25-17-9-16-24-4;/h18H,5-17H2,1-4H3,(H,20,21);1H. The van der Waals surface area contributed by atoms with E-state index in [2.05, 4.69) is 35.9 Å². The van der Waals surface area contributed by atoms with Gasteiger partial charge in [-0.25, -0.2) is 0 Å². The number of aliphatic imine (C=N–C) groups is 1.